The van der Waals surface area contributed by atoms with Crippen LogP contribution in [0, 0.1) is 81.4 Å². The molecular formula is C28H42Cr2+8. The molecule has 0 atom stereocenters. The Morgan fingerprint density at radius 2 is 0.667 bits per heavy atom. The number of rotatable bonds is 1. The zero-order chi connectivity index (χ0) is 22.3. The molecule has 30 heavy (non-hydrogen) atoms. The van der Waals surface area contributed by atoms with E-state index in [0.29, 0.717) is 0 Å². The first-order valence-electron chi connectivity index (χ1n) is 10.2. The number of hydrogen-bond donors (Lipinski definition) is 0. The molecule has 0 unspecified atom stereocenters. The molecule has 0 saturated heterocycles. The van der Waals surface area contributed by atoms with Crippen molar-refractivity contribution in [1.82, 2.24) is 0 Å². The van der Waals surface area contributed by atoms with Crippen molar-refractivity contribution in [3.8, 4) is 0 Å². The van der Waals surface area contributed by atoms with Gasteiger partial charge in [0.2, 0.25) is 0 Å². The fraction of sp³-hybridized carbons (Fsp3) is 0.500. The molecule has 0 aliphatic carbocycles. The second-order valence-corrected chi connectivity index (χ2v) is 8.00. The van der Waals surface area contributed by atoms with Gasteiger partial charge in [-0.05, 0) is 0 Å². The van der Waals surface area contributed by atoms with Gasteiger partial charge in [0.1, 0.15) is 0 Å². The van der Waals surface area contributed by atoms with Gasteiger partial charge in [0, 0.05) is 0 Å². The first-order valence-corrected chi connectivity index (χ1v) is 10.2. The summed E-state index contributed by atoms with van der Waals surface area (Å²) in [6, 6.07) is 0. The van der Waals surface area contributed by atoms with E-state index >= 15 is 0 Å². The Morgan fingerprint density at radius 1 is 0.500 bits per heavy atom. The van der Waals surface area contributed by atoms with Crippen LogP contribution < -0.4 is 0 Å². The summed E-state index contributed by atoms with van der Waals surface area (Å²) in [5.41, 5.74) is 17.1. The quantitative estimate of drug-likeness (QED) is 0.283. The van der Waals surface area contributed by atoms with E-state index in [9.17, 15) is 0 Å². The van der Waals surface area contributed by atoms with Crippen LogP contribution >= 0.6 is 0 Å². The van der Waals surface area contributed by atoms with E-state index in [1.807, 2.05) is 27.7 Å². The fourth-order valence-electron chi connectivity index (χ4n) is 3.19. The normalized spacial score (nSPS) is 10.9. The molecule has 0 spiro atoms. The maximum absolute atomic E-state index is 3.03. The van der Waals surface area contributed by atoms with Gasteiger partial charge in [0.15, 0.2) is 0 Å². The molecule has 2 heteroatoms. The molecule has 2 aromatic rings. The topological polar surface area (TPSA) is 0 Å². The molecule has 0 heterocycles. The molecule has 0 bridgehead atoms. The van der Waals surface area contributed by atoms with Crippen molar-refractivity contribution >= 4 is 0 Å². The smallest absolute Gasteiger partial charge is 0.376 e. The molecular weight excluding hydrogens is 440 g/mol. The van der Waals surface area contributed by atoms with Crippen molar-refractivity contribution in [2.75, 3.05) is 0 Å². The maximum atomic E-state index is 3.03. The molecule has 0 saturated carbocycles. The Labute approximate surface area is 209 Å². The summed E-state index contributed by atoms with van der Waals surface area (Å²) in [6.45, 7) is 29.9. The zero-order valence-corrected chi connectivity index (χ0v) is 24.4. The Hall–Kier alpha value is -0.755. The van der Waals surface area contributed by atoms with Crippen molar-refractivity contribution in [3.63, 3.8) is 0 Å². The van der Waals surface area contributed by atoms with Crippen LogP contribution in [0.2, 0.25) is 0 Å². The molecule has 0 amide bonds. The van der Waals surface area contributed by atoms with E-state index in [2.05, 4.69) is 81.4 Å². The van der Waals surface area contributed by atoms with Gasteiger partial charge in [-0.1, -0.05) is 69.2 Å². The minimum Gasteiger partial charge on any atom is -0.376 e. The molecule has 0 radical (unpaired) electrons. The van der Waals surface area contributed by atoms with Crippen molar-refractivity contribution in [3.05, 3.63) is 78.9 Å². The Balaban J connectivity index is -0.000000356. The molecule has 0 nitrogen and oxygen atoms in total. The van der Waals surface area contributed by atoms with Crippen LogP contribution in [0.1, 0.15) is 83.3 Å². The summed E-state index contributed by atoms with van der Waals surface area (Å²) in [5, 5.41) is 0. The fourth-order valence-corrected chi connectivity index (χ4v) is 3.19. The number of hydrogen-bond acceptors (Lipinski definition) is 0. The SMILES string of the molecule is C[C-]=C(C)C(C)=[C-]C.Cc1c(C)c(C)[c-](C)c1C.Cc1c(C)c(C)[c-](C)c1C.[Cr+6].[Cr+6]. The first-order chi connectivity index (χ1) is 12.8. The Morgan fingerprint density at radius 3 is 0.733 bits per heavy atom. The van der Waals surface area contributed by atoms with E-state index in [4.69, 9.17) is 0 Å². The van der Waals surface area contributed by atoms with Crippen LogP contribution in [0.3, 0.4) is 0 Å². The summed E-state index contributed by atoms with van der Waals surface area (Å²) in [7, 11) is 0. The van der Waals surface area contributed by atoms with E-state index < -0.39 is 0 Å². The van der Waals surface area contributed by atoms with Gasteiger partial charge in [0.25, 0.3) is 0 Å². The molecule has 2 rings (SSSR count). The van der Waals surface area contributed by atoms with Crippen molar-refractivity contribution < 1.29 is 34.7 Å². The van der Waals surface area contributed by atoms with Crippen LogP contribution in [0.25, 0.3) is 0 Å². The van der Waals surface area contributed by atoms with Gasteiger partial charge in [-0.15, -0.1) is 27.7 Å². The summed E-state index contributed by atoms with van der Waals surface area (Å²) in [5.74, 6) is 0. The third-order valence-electron chi connectivity index (χ3n) is 6.94. The monoisotopic (exact) mass is 482 g/mol. The standard InChI is InChI=1S/2C10H15.C8H12.2Cr/c2*1-6-7(2)9(4)10(5)8(6)3;1-5-7(3)8(4)6-2;;/h2*1-5H3;1-4H3;;/q2*-1;-2;2*+6. The van der Waals surface area contributed by atoms with Gasteiger partial charge in [-0.2, -0.15) is 55.6 Å². The summed E-state index contributed by atoms with van der Waals surface area (Å²) >= 11 is 0. The molecule has 0 N–H and O–H groups in total. The van der Waals surface area contributed by atoms with Gasteiger partial charge < -0.3 is 23.3 Å². The van der Waals surface area contributed by atoms with Crippen LogP contribution in [-0.2, 0) is 34.7 Å². The predicted molar refractivity (Wildman–Crippen MR) is 128 cm³/mol. The predicted octanol–water partition coefficient (Wildman–Crippen LogP) is 8.42. The van der Waals surface area contributed by atoms with E-state index in [-0.39, 0.29) is 34.7 Å². The minimum absolute atomic E-state index is 0. The van der Waals surface area contributed by atoms with Crippen LogP contribution in [0.5, 0.6) is 0 Å². The number of allylic oxidation sites excluding steroid dienone is 4. The van der Waals surface area contributed by atoms with Crippen molar-refractivity contribution in [2.45, 2.75) is 96.9 Å². The molecule has 158 valence electrons. The van der Waals surface area contributed by atoms with Gasteiger partial charge in [0.05, 0.1) is 0 Å². The van der Waals surface area contributed by atoms with Gasteiger partial charge in [-0.25, -0.2) is 0 Å². The van der Waals surface area contributed by atoms with E-state index in [1.165, 1.54) is 66.8 Å². The van der Waals surface area contributed by atoms with Crippen LogP contribution in [-0.4, -0.2) is 0 Å². The Bertz CT molecular complexity index is 619. The van der Waals surface area contributed by atoms with E-state index in [0.717, 1.165) is 0 Å². The molecule has 0 aromatic heterocycles. The minimum atomic E-state index is 0. The van der Waals surface area contributed by atoms with Crippen molar-refractivity contribution in [1.29, 1.82) is 0 Å². The van der Waals surface area contributed by atoms with E-state index in [1.54, 1.807) is 0 Å². The first kappa shape index (κ1) is 33.9. The Kier molecular flexibility index (Phi) is 17.1. The van der Waals surface area contributed by atoms with Crippen molar-refractivity contribution in [2.24, 2.45) is 0 Å². The zero-order valence-electron chi connectivity index (χ0n) is 21.8. The van der Waals surface area contributed by atoms with Crippen LogP contribution in [0.15, 0.2) is 11.1 Å². The molecule has 0 aliphatic heterocycles. The average Bonchev–Trinajstić information content (AvgIpc) is 2.97. The maximum Gasteiger partial charge on any atom is 6.00 e. The summed E-state index contributed by atoms with van der Waals surface area (Å²) in [4.78, 5) is 0. The largest absolute Gasteiger partial charge is 6.00 e. The van der Waals surface area contributed by atoms with Gasteiger partial charge >= 0.3 is 34.7 Å². The third-order valence-corrected chi connectivity index (χ3v) is 6.94. The molecule has 2 aromatic carbocycles. The van der Waals surface area contributed by atoms with Crippen LogP contribution in [0.4, 0.5) is 0 Å². The summed E-state index contributed by atoms with van der Waals surface area (Å²) < 4.78 is 0. The third kappa shape index (κ3) is 8.41. The summed E-state index contributed by atoms with van der Waals surface area (Å²) in [6.07, 6.45) is 6.07. The second-order valence-electron chi connectivity index (χ2n) is 8.00. The average molecular weight is 483 g/mol. The molecule has 0 fully saturated rings. The van der Waals surface area contributed by atoms with Gasteiger partial charge in [-0.3, -0.25) is 0 Å². The molecule has 0 aliphatic rings. The second kappa shape index (κ2) is 15.1.